The van der Waals surface area contributed by atoms with Gasteiger partial charge in [0.25, 0.3) is 5.56 Å². The van der Waals surface area contributed by atoms with E-state index >= 15 is 0 Å². The molecule has 1 atom stereocenters. The van der Waals surface area contributed by atoms with Crippen LogP contribution in [0, 0.1) is 0 Å². The minimum Gasteiger partial charge on any atom is -0.293 e. The lowest BCUT2D eigenvalue weighted by atomic mass is 9.96. The molecule has 162 valence electrons. The number of carbonyl (C=O) groups excluding carboxylic acids is 2. The molecule has 2 amide bonds. The normalized spacial score (nSPS) is 16.4. The monoisotopic (exact) mass is 446 g/mol. The van der Waals surface area contributed by atoms with Gasteiger partial charge in [-0.25, -0.2) is 4.98 Å². The molecule has 2 aromatic carbocycles. The van der Waals surface area contributed by atoms with Crippen LogP contribution in [-0.4, -0.2) is 31.5 Å². The van der Waals surface area contributed by atoms with Crippen molar-refractivity contribution < 1.29 is 9.59 Å². The van der Waals surface area contributed by atoms with Gasteiger partial charge in [0.15, 0.2) is 0 Å². The molecule has 3 heterocycles. The van der Waals surface area contributed by atoms with Gasteiger partial charge < -0.3 is 0 Å². The number of para-hydroxylation sites is 1. The number of imide groups is 1. The first-order chi connectivity index (χ1) is 15.6. The molecule has 0 saturated carbocycles. The molecular weight excluding hydrogens is 424 g/mol. The molecule has 1 N–H and O–H groups in total. The van der Waals surface area contributed by atoms with Crippen LogP contribution in [0.4, 0.5) is 0 Å². The maximum absolute atomic E-state index is 13.5. The number of aryl methyl sites for hydroxylation is 1. The predicted molar refractivity (Wildman–Crippen MR) is 123 cm³/mol. The highest BCUT2D eigenvalue weighted by Crippen LogP contribution is 2.32. The molecule has 0 radical (unpaired) electrons. The third-order valence-electron chi connectivity index (χ3n) is 5.76. The summed E-state index contributed by atoms with van der Waals surface area (Å²) < 4.78 is 2.39. The van der Waals surface area contributed by atoms with Gasteiger partial charge in [0, 0.05) is 12.1 Å². The first kappa shape index (κ1) is 20.4. The van der Waals surface area contributed by atoms with Gasteiger partial charge >= 0.3 is 0 Å². The highest BCUT2D eigenvalue weighted by molar-refractivity contribution is 7.20. The number of aromatic nitrogens is 3. The van der Waals surface area contributed by atoms with Gasteiger partial charge in [0.1, 0.15) is 0 Å². The Bertz CT molecular complexity index is 1340. The van der Waals surface area contributed by atoms with Crippen molar-refractivity contribution in [2.45, 2.75) is 38.6 Å². The van der Waals surface area contributed by atoms with Crippen LogP contribution >= 0.6 is 11.3 Å². The summed E-state index contributed by atoms with van der Waals surface area (Å²) in [7, 11) is 0. The van der Waals surface area contributed by atoms with E-state index in [0.717, 1.165) is 22.2 Å². The maximum atomic E-state index is 13.5. The van der Waals surface area contributed by atoms with E-state index in [1.54, 1.807) is 0 Å². The minimum atomic E-state index is -0.771. The van der Waals surface area contributed by atoms with Gasteiger partial charge in [-0.05, 0) is 24.1 Å². The van der Waals surface area contributed by atoms with Crippen LogP contribution in [0.15, 0.2) is 59.4 Å². The van der Waals surface area contributed by atoms with Crippen molar-refractivity contribution in [1.29, 1.82) is 0 Å². The summed E-state index contributed by atoms with van der Waals surface area (Å²) in [5, 5.41) is 3.70. The molecule has 1 saturated heterocycles. The third-order valence-corrected chi connectivity index (χ3v) is 6.78. The van der Waals surface area contributed by atoms with Crippen molar-refractivity contribution in [3.8, 4) is 5.13 Å². The largest absolute Gasteiger partial charge is 0.293 e. The third kappa shape index (κ3) is 3.46. The van der Waals surface area contributed by atoms with Crippen LogP contribution < -0.4 is 5.56 Å². The number of hydrogen-bond donors (Lipinski definition) is 1. The Morgan fingerprint density at radius 2 is 1.81 bits per heavy atom. The van der Waals surface area contributed by atoms with Gasteiger partial charge in [0.05, 0.1) is 28.2 Å². The Balaban J connectivity index is 1.53. The summed E-state index contributed by atoms with van der Waals surface area (Å²) in [5.74, 6) is -1.34. The number of benzene rings is 2. The van der Waals surface area contributed by atoms with Crippen LogP contribution in [0.1, 0.15) is 42.5 Å². The molecule has 7 nitrogen and oxygen atoms in total. The topological polar surface area (TPSA) is 88.1 Å². The van der Waals surface area contributed by atoms with E-state index < -0.39 is 5.92 Å². The van der Waals surface area contributed by atoms with E-state index in [1.807, 2.05) is 61.5 Å². The Labute approximate surface area is 188 Å². The zero-order chi connectivity index (χ0) is 22.2. The molecule has 1 aliphatic rings. The van der Waals surface area contributed by atoms with E-state index in [0.29, 0.717) is 22.8 Å². The van der Waals surface area contributed by atoms with Crippen LogP contribution in [0.3, 0.4) is 0 Å². The lowest BCUT2D eigenvalue weighted by molar-refractivity contribution is -0.139. The number of amides is 2. The molecule has 4 aromatic rings. The molecule has 0 unspecified atom stereocenters. The van der Waals surface area contributed by atoms with E-state index in [2.05, 4.69) is 10.1 Å². The minimum absolute atomic E-state index is 0.00925. The smallest absolute Gasteiger partial charge is 0.277 e. The number of nitrogens with one attached hydrogen (secondary N) is 1. The van der Waals surface area contributed by atoms with Gasteiger partial charge in [-0.15, -0.1) is 0 Å². The lowest BCUT2D eigenvalue weighted by Crippen LogP contribution is -2.31. The van der Waals surface area contributed by atoms with Crippen LogP contribution in [0.2, 0.25) is 0 Å². The second-order valence-electron chi connectivity index (χ2n) is 7.92. The number of hydrogen-bond acceptors (Lipinski definition) is 5. The Kier molecular flexibility index (Phi) is 5.22. The number of fused-ring (bicyclic) bond motifs is 1. The van der Waals surface area contributed by atoms with Crippen LogP contribution in [0.25, 0.3) is 15.3 Å². The number of rotatable bonds is 6. The number of carbonyl (C=O) groups is 2. The highest BCUT2D eigenvalue weighted by atomic mass is 32.1. The molecule has 32 heavy (non-hydrogen) atoms. The van der Waals surface area contributed by atoms with Crippen molar-refractivity contribution in [3.63, 3.8) is 0 Å². The van der Waals surface area contributed by atoms with Crippen molar-refractivity contribution >= 4 is 33.4 Å². The second kappa shape index (κ2) is 8.20. The number of aromatic amines is 1. The molecule has 1 aliphatic heterocycles. The average molecular weight is 447 g/mol. The van der Waals surface area contributed by atoms with Crippen LogP contribution in [0.5, 0.6) is 0 Å². The summed E-state index contributed by atoms with van der Waals surface area (Å²) in [4.78, 5) is 45.3. The summed E-state index contributed by atoms with van der Waals surface area (Å²) >= 11 is 1.41. The summed E-state index contributed by atoms with van der Waals surface area (Å²) in [5.41, 5.74) is 2.48. The Morgan fingerprint density at radius 3 is 2.56 bits per heavy atom. The zero-order valence-electron chi connectivity index (χ0n) is 17.6. The van der Waals surface area contributed by atoms with E-state index in [4.69, 9.17) is 0 Å². The van der Waals surface area contributed by atoms with Crippen LogP contribution in [-0.2, 0) is 22.6 Å². The average Bonchev–Trinajstić information content (AvgIpc) is 3.44. The summed E-state index contributed by atoms with van der Waals surface area (Å²) in [6, 6.07) is 17.1. The molecule has 2 aromatic heterocycles. The quantitative estimate of drug-likeness (QED) is 0.457. The predicted octanol–water partition coefficient (Wildman–Crippen LogP) is 3.77. The van der Waals surface area contributed by atoms with Crippen molar-refractivity contribution in [3.05, 3.63) is 81.8 Å². The second-order valence-corrected chi connectivity index (χ2v) is 8.93. The molecule has 8 heteroatoms. The summed E-state index contributed by atoms with van der Waals surface area (Å²) in [6.45, 7) is 2.23. The molecule has 1 fully saturated rings. The maximum Gasteiger partial charge on any atom is 0.277 e. The van der Waals surface area contributed by atoms with Crippen molar-refractivity contribution in [2.24, 2.45) is 0 Å². The number of thiazole rings is 1. The Morgan fingerprint density at radius 1 is 1.06 bits per heavy atom. The SMILES string of the molecule is CCCc1[nH]n(-c2nc3ccccc3s2)c(=O)c1[C@@H]1CC(=O)N(Cc2ccccc2)C1=O. The fraction of sp³-hybridized carbons (Fsp3) is 0.250. The molecule has 0 aliphatic carbocycles. The first-order valence-corrected chi connectivity index (χ1v) is 11.5. The van der Waals surface area contributed by atoms with E-state index in [9.17, 15) is 14.4 Å². The first-order valence-electron chi connectivity index (χ1n) is 10.6. The number of likely N-dealkylation sites (tertiary alicyclic amines) is 1. The summed E-state index contributed by atoms with van der Waals surface area (Å²) in [6.07, 6.45) is 1.42. The van der Waals surface area contributed by atoms with Gasteiger partial charge in [-0.1, -0.05) is 67.1 Å². The van der Waals surface area contributed by atoms with E-state index in [-0.39, 0.29) is 30.3 Å². The van der Waals surface area contributed by atoms with Gasteiger partial charge in [0.2, 0.25) is 16.9 Å². The van der Waals surface area contributed by atoms with Crippen molar-refractivity contribution in [1.82, 2.24) is 19.7 Å². The lowest BCUT2D eigenvalue weighted by Gasteiger charge is -2.15. The molecule has 5 rings (SSSR count). The molecular formula is C24H22N4O3S. The van der Waals surface area contributed by atoms with Gasteiger partial charge in [-0.2, -0.15) is 4.68 Å². The van der Waals surface area contributed by atoms with Gasteiger partial charge in [-0.3, -0.25) is 24.4 Å². The number of nitrogens with zero attached hydrogens (tertiary/aromatic N) is 3. The zero-order valence-corrected chi connectivity index (χ0v) is 18.4. The molecule has 0 spiro atoms. The Hall–Kier alpha value is -3.52. The highest BCUT2D eigenvalue weighted by Gasteiger charge is 2.42. The standard InChI is InChI=1S/C24H22N4O3S/c1-2-8-18-21(16-13-20(29)27(22(16)30)14-15-9-4-3-5-10-15)23(31)28(26-18)24-25-17-11-6-7-12-19(17)32-24/h3-7,9-12,16,26H,2,8,13-14H2,1H3/t16-/m0/s1. The fourth-order valence-electron chi connectivity index (χ4n) is 4.23. The number of H-pyrrole nitrogens is 1. The fourth-order valence-corrected chi connectivity index (χ4v) is 5.15. The van der Waals surface area contributed by atoms with Crippen molar-refractivity contribution in [2.75, 3.05) is 0 Å². The van der Waals surface area contributed by atoms with E-state index in [1.165, 1.54) is 20.9 Å². The molecule has 0 bridgehead atoms.